The summed E-state index contributed by atoms with van der Waals surface area (Å²) in [5, 5.41) is 89.7. The molecule has 15 nitrogen and oxygen atoms in total. The zero-order chi connectivity index (χ0) is 30.3. The van der Waals surface area contributed by atoms with Crippen LogP contribution in [0.2, 0.25) is 0 Å². The molecule has 0 amide bonds. The van der Waals surface area contributed by atoms with Gasteiger partial charge in [0.15, 0.2) is 17.3 Å². The Hall–Kier alpha value is -3.09. The van der Waals surface area contributed by atoms with E-state index in [-0.39, 0.29) is 40.8 Å². The van der Waals surface area contributed by atoms with E-state index < -0.39 is 80.7 Å². The first-order valence-electron chi connectivity index (χ1n) is 13.1. The highest BCUT2D eigenvalue weighted by Crippen LogP contribution is 2.40. The lowest BCUT2D eigenvalue weighted by Gasteiger charge is -2.39. The zero-order valence-corrected chi connectivity index (χ0v) is 21.9. The molecule has 0 saturated carbocycles. The summed E-state index contributed by atoms with van der Waals surface area (Å²) in [5.41, 5.74) is 0.621. The van der Waals surface area contributed by atoms with Crippen molar-refractivity contribution in [3.8, 4) is 23.0 Å². The third kappa shape index (κ3) is 5.76. The van der Waals surface area contributed by atoms with Crippen LogP contribution in [-0.4, -0.2) is 126 Å². The van der Waals surface area contributed by atoms with Crippen molar-refractivity contribution in [3.05, 3.63) is 47.5 Å². The molecule has 1 unspecified atom stereocenters. The molecule has 9 N–H and O–H groups in total. The molecule has 2 aromatic carbocycles. The van der Waals surface area contributed by atoms with Crippen LogP contribution >= 0.6 is 0 Å². The molecule has 0 aliphatic carbocycles. The normalized spacial score (nSPS) is 36.6. The van der Waals surface area contributed by atoms with Crippen molar-refractivity contribution in [2.45, 2.75) is 73.9 Å². The first kappa shape index (κ1) is 30.4. The largest absolute Gasteiger partial charge is 0.504 e. The topological polar surface area (TPSA) is 245 Å². The van der Waals surface area contributed by atoms with E-state index >= 15 is 0 Å². The fourth-order valence-corrected chi connectivity index (χ4v) is 4.98. The number of fused-ring (bicyclic) bond motifs is 1. The number of carbonyl (C=O) groups is 1. The van der Waals surface area contributed by atoms with Crippen LogP contribution in [0.25, 0.3) is 0 Å². The molecule has 3 heterocycles. The maximum Gasteiger partial charge on any atom is 0.229 e. The molecule has 15 heteroatoms. The van der Waals surface area contributed by atoms with E-state index in [4.69, 9.17) is 23.7 Å². The summed E-state index contributed by atoms with van der Waals surface area (Å²) in [4.78, 5) is 12.9. The van der Waals surface area contributed by atoms with Crippen molar-refractivity contribution in [3.63, 3.8) is 0 Å². The number of hydrogen-bond acceptors (Lipinski definition) is 15. The molecule has 3 aliphatic heterocycles. The van der Waals surface area contributed by atoms with Crippen LogP contribution in [0.4, 0.5) is 0 Å². The minimum Gasteiger partial charge on any atom is -0.504 e. The number of phenolic OH excluding ortho intramolecular Hbond substituents is 1. The quantitative estimate of drug-likeness (QED) is 0.160. The van der Waals surface area contributed by atoms with Crippen LogP contribution < -0.4 is 14.2 Å². The Balaban J connectivity index is 1.33. The Morgan fingerprint density at radius 1 is 0.738 bits per heavy atom. The van der Waals surface area contributed by atoms with Crippen molar-refractivity contribution in [1.29, 1.82) is 0 Å². The number of aromatic hydroxyl groups is 1. The summed E-state index contributed by atoms with van der Waals surface area (Å²) in [6.45, 7) is -1.31. The molecule has 230 valence electrons. The van der Waals surface area contributed by atoms with E-state index in [1.54, 1.807) is 0 Å². The third-order valence-corrected chi connectivity index (χ3v) is 7.44. The Labute approximate surface area is 238 Å². The smallest absolute Gasteiger partial charge is 0.229 e. The van der Waals surface area contributed by atoms with E-state index in [0.717, 1.165) is 0 Å². The maximum absolute atomic E-state index is 12.9. The molecule has 2 aromatic rings. The number of aliphatic hydroxyl groups is 8. The van der Waals surface area contributed by atoms with Gasteiger partial charge in [0.05, 0.1) is 25.2 Å². The summed E-state index contributed by atoms with van der Waals surface area (Å²) in [6.07, 6.45) is -16.2. The number of ketones is 1. The fraction of sp³-hybridized carbons (Fsp3) is 0.519. The van der Waals surface area contributed by atoms with E-state index in [1.165, 1.54) is 36.4 Å². The molecule has 2 saturated heterocycles. The standard InChI is InChI=1S/C27H32O15/c28-8-18-20(32)22(34)24(36)26(41-18)38-11-2-3-12-14(31)7-15(39-16(12)6-11)10-1-4-13(30)17(5-10)40-27-25(37)23(35)21(33)19(9-29)42-27/h1-6,15,18-30,32-37H,7-9H2/t15?,18-,19-,20-,21-,22+,23+,24-,25-,26-,27-/m1/s1. The Morgan fingerprint density at radius 3 is 1.93 bits per heavy atom. The van der Waals surface area contributed by atoms with Crippen molar-refractivity contribution < 1.29 is 74.4 Å². The summed E-state index contributed by atoms with van der Waals surface area (Å²) in [5.74, 6) is -0.649. The van der Waals surface area contributed by atoms with Crippen LogP contribution in [0.1, 0.15) is 28.4 Å². The predicted octanol–water partition coefficient (Wildman–Crippen LogP) is -2.54. The summed E-state index contributed by atoms with van der Waals surface area (Å²) in [7, 11) is 0. The first-order chi connectivity index (χ1) is 20.0. The van der Waals surface area contributed by atoms with Gasteiger partial charge in [0.2, 0.25) is 12.6 Å². The van der Waals surface area contributed by atoms with E-state index in [1.807, 2.05) is 0 Å². The van der Waals surface area contributed by atoms with Crippen LogP contribution in [-0.2, 0) is 9.47 Å². The van der Waals surface area contributed by atoms with E-state index in [0.29, 0.717) is 5.56 Å². The van der Waals surface area contributed by atoms with Crippen LogP contribution in [0.15, 0.2) is 36.4 Å². The molecule has 11 atom stereocenters. The lowest BCUT2D eigenvalue weighted by molar-refractivity contribution is -0.277. The van der Waals surface area contributed by atoms with Crippen molar-refractivity contribution in [1.82, 2.24) is 0 Å². The van der Waals surface area contributed by atoms with Gasteiger partial charge in [-0.05, 0) is 29.8 Å². The van der Waals surface area contributed by atoms with Crippen LogP contribution in [0, 0.1) is 0 Å². The Morgan fingerprint density at radius 2 is 1.33 bits per heavy atom. The summed E-state index contributed by atoms with van der Waals surface area (Å²) in [6, 6.07) is 8.32. The molecule has 0 bridgehead atoms. The van der Waals surface area contributed by atoms with E-state index in [9.17, 15) is 50.8 Å². The summed E-state index contributed by atoms with van der Waals surface area (Å²) < 4.78 is 27.9. The van der Waals surface area contributed by atoms with E-state index in [2.05, 4.69) is 0 Å². The van der Waals surface area contributed by atoms with Gasteiger partial charge in [0, 0.05) is 6.07 Å². The molecule has 0 aromatic heterocycles. The van der Waals surface area contributed by atoms with Gasteiger partial charge in [-0.25, -0.2) is 0 Å². The van der Waals surface area contributed by atoms with Gasteiger partial charge in [-0.2, -0.15) is 0 Å². The minimum absolute atomic E-state index is 0.0869. The molecule has 2 fully saturated rings. The Bertz CT molecular complexity index is 1270. The number of Topliss-reactive ketones (excluding diaryl/α,β-unsaturated/α-hetero) is 1. The second kappa shape index (κ2) is 12.3. The van der Waals surface area contributed by atoms with Gasteiger partial charge >= 0.3 is 0 Å². The number of hydrogen-bond donors (Lipinski definition) is 9. The lowest BCUT2D eigenvalue weighted by Crippen LogP contribution is -2.60. The van der Waals surface area contributed by atoms with Gasteiger partial charge in [0.1, 0.15) is 66.4 Å². The minimum atomic E-state index is -1.72. The van der Waals surface area contributed by atoms with Crippen molar-refractivity contribution in [2.24, 2.45) is 0 Å². The molecule has 0 spiro atoms. The number of aliphatic hydroxyl groups excluding tert-OH is 8. The molecule has 3 aliphatic rings. The third-order valence-electron chi connectivity index (χ3n) is 7.44. The van der Waals surface area contributed by atoms with Gasteiger partial charge in [-0.3, -0.25) is 4.79 Å². The average molecular weight is 597 g/mol. The number of rotatable bonds is 7. The number of ether oxygens (including phenoxy) is 5. The highest BCUT2D eigenvalue weighted by atomic mass is 16.7. The Kier molecular flexibility index (Phi) is 8.86. The monoisotopic (exact) mass is 596 g/mol. The van der Waals surface area contributed by atoms with Gasteiger partial charge in [-0.15, -0.1) is 0 Å². The maximum atomic E-state index is 12.9. The second-order valence-electron chi connectivity index (χ2n) is 10.2. The fourth-order valence-electron chi connectivity index (χ4n) is 4.98. The zero-order valence-electron chi connectivity index (χ0n) is 21.9. The van der Waals surface area contributed by atoms with Gasteiger partial charge in [-0.1, -0.05) is 6.07 Å². The molecule has 42 heavy (non-hydrogen) atoms. The van der Waals surface area contributed by atoms with Gasteiger partial charge < -0.3 is 69.6 Å². The highest BCUT2D eigenvalue weighted by molar-refractivity contribution is 6.00. The molecular formula is C27H32O15. The SMILES string of the molecule is O=C1CC(c2ccc(O)c(O[C@@H]3O[C@H](CO)[C@@H](O)[C@H](O)[C@H]3O)c2)Oc2cc(O[C@@H]3O[C@H](CO)[C@@H](O)[C@H](O)[C@H]3O)ccc21. The van der Waals surface area contributed by atoms with Gasteiger partial charge in [0.25, 0.3) is 0 Å². The molecule has 0 radical (unpaired) electrons. The van der Waals surface area contributed by atoms with Crippen molar-refractivity contribution in [2.75, 3.05) is 13.2 Å². The number of carbonyl (C=O) groups excluding carboxylic acids is 1. The highest BCUT2D eigenvalue weighted by Gasteiger charge is 2.46. The number of benzene rings is 2. The predicted molar refractivity (Wildman–Crippen MR) is 136 cm³/mol. The second-order valence-corrected chi connectivity index (χ2v) is 10.2. The molecule has 5 rings (SSSR count). The lowest BCUT2D eigenvalue weighted by atomic mass is 9.96. The first-order valence-corrected chi connectivity index (χ1v) is 13.1. The van der Waals surface area contributed by atoms with Crippen molar-refractivity contribution >= 4 is 5.78 Å². The number of phenols is 1. The average Bonchev–Trinajstić information content (AvgIpc) is 2.98. The van der Waals surface area contributed by atoms with Crippen LogP contribution in [0.3, 0.4) is 0 Å². The summed E-state index contributed by atoms with van der Waals surface area (Å²) >= 11 is 0. The van der Waals surface area contributed by atoms with Crippen LogP contribution in [0.5, 0.6) is 23.0 Å². The molecular weight excluding hydrogens is 564 g/mol.